The molecule has 0 aliphatic carbocycles. The first-order valence-electron chi connectivity index (χ1n) is 11.0. The van der Waals surface area contributed by atoms with Crippen LogP contribution in [0.1, 0.15) is 54.5 Å². The predicted molar refractivity (Wildman–Crippen MR) is 118 cm³/mol. The Balaban J connectivity index is 1.39. The van der Waals surface area contributed by atoms with E-state index in [1.807, 2.05) is 42.2 Å². The zero-order valence-electron chi connectivity index (χ0n) is 18.0. The van der Waals surface area contributed by atoms with Crippen LogP contribution in [0.2, 0.25) is 0 Å². The van der Waals surface area contributed by atoms with Gasteiger partial charge in [0.2, 0.25) is 5.91 Å². The summed E-state index contributed by atoms with van der Waals surface area (Å²) in [6.07, 6.45) is 2.65. The molecule has 1 fully saturated rings. The molecule has 1 unspecified atom stereocenters. The van der Waals surface area contributed by atoms with Crippen molar-refractivity contribution in [3.63, 3.8) is 0 Å². The third kappa shape index (κ3) is 4.29. The zero-order chi connectivity index (χ0) is 21.3. The monoisotopic (exact) mass is 408 g/mol. The highest BCUT2D eigenvalue weighted by Crippen LogP contribution is 2.34. The number of carbonyl (C=O) groups is 1. The summed E-state index contributed by atoms with van der Waals surface area (Å²) in [5.41, 5.74) is 4.39. The summed E-state index contributed by atoms with van der Waals surface area (Å²) in [7, 11) is 0. The normalized spacial score (nSPS) is 19.9. The minimum atomic E-state index is -0.782. The number of β-amino-alcohol motifs (C(OH)–C–C–N with tert-alkyl or cyclic N) is 1. The van der Waals surface area contributed by atoms with Crippen LogP contribution >= 0.6 is 0 Å². The van der Waals surface area contributed by atoms with Gasteiger partial charge in [0.05, 0.1) is 11.7 Å². The van der Waals surface area contributed by atoms with Crippen molar-refractivity contribution in [2.75, 3.05) is 31.1 Å². The van der Waals surface area contributed by atoms with Gasteiger partial charge in [-0.05, 0) is 55.4 Å². The first-order chi connectivity index (χ1) is 14.4. The highest BCUT2D eigenvalue weighted by atomic mass is 16.3. The van der Waals surface area contributed by atoms with Crippen LogP contribution in [0.15, 0.2) is 42.5 Å². The first-order valence-corrected chi connectivity index (χ1v) is 11.0. The van der Waals surface area contributed by atoms with E-state index in [0.29, 0.717) is 19.4 Å². The van der Waals surface area contributed by atoms with E-state index in [2.05, 4.69) is 17.0 Å². The number of aryl methyl sites for hydroxylation is 2. The van der Waals surface area contributed by atoms with Gasteiger partial charge in [-0.1, -0.05) is 42.0 Å². The average molecular weight is 409 g/mol. The van der Waals surface area contributed by atoms with E-state index in [0.717, 1.165) is 60.4 Å². The first kappa shape index (κ1) is 21.0. The van der Waals surface area contributed by atoms with E-state index in [1.165, 1.54) is 0 Å². The number of fused-ring (bicyclic) bond motifs is 1. The molecular formula is C25H32N2O3. The predicted octanol–water partition coefficient (Wildman–Crippen LogP) is 3.31. The van der Waals surface area contributed by atoms with Gasteiger partial charge in [-0.3, -0.25) is 4.79 Å². The van der Waals surface area contributed by atoms with Crippen molar-refractivity contribution in [1.29, 1.82) is 0 Å². The second kappa shape index (κ2) is 8.50. The van der Waals surface area contributed by atoms with Crippen LogP contribution in [-0.2, 0) is 16.8 Å². The molecule has 0 aromatic heterocycles. The van der Waals surface area contributed by atoms with E-state index in [9.17, 15) is 15.0 Å². The molecule has 0 saturated carbocycles. The summed E-state index contributed by atoms with van der Waals surface area (Å²) >= 11 is 0. The lowest BCUT2D eigenvalue weighted by Crippen LogP contribution is -2.44. The van der Waals surface area contributed by atoms with Crippen LogP contribution < -0.4 is 4.90 Å². The Bertz CT molecular complexity index is 918. The van der Waals surface area contributed by atoms with Crippen LogP contribution in [-0.4, -0.2) is 47.2 Å². The molecule has 1 amide bonds. The van der Waals surface area contributed by atoms with Gasteiger partial charge in [-0.2, -0.15) is 0 Å². The number of benzene rings is 2. The molecule has 2 N–H and O–H groups in total. The van der Waals surface area contributed by atoms with Gasteiger partial charge in [0, 0.05) is 38.8 Å². The summed E-state index contributed by atoms with van der Waals surface area (Å²) in [6, 6.07) is 14.1. The summed E-state index contributed by atoms with van der Waals surface area (Å²) in [5.74, 6) is 0.0682. The van der Waals surface area contributed by atoms with Crippen molar-refractivity contribution in [1.82, 2.24) is 4.90 Å². The molecule has 2 heterocycles. The molecule has 2 aromatic rings. The molecule has 2 aromatic carbocycles. The summed E-state index contributed by atoms with van der Waals surface area (Å²) in [4.78, 5) is 15.9. The number of carbonyl (C=O) groups excluding carboxylic acids is 1. The van der Waals surface area contributed by atoms with E-state index in [1.54, 1.807) is 6.92 Å². The maximum atomic E-state index is 11.9. The molecule has 1 atom stereocenters. The molecule has 1 saturated heterocycles. The third-order valence-corrected chi connectivity index (χ3v) is 6.66. The molecule has 0 radical (unpaired) electrons. The number of anilines is 1. The number of piperidine rings is 1. The molecule has 5 nitrogen and oxygen atoms in total. The Labute approximate surface area is 178 Å². The second-order valence-electron chi connectivity index (χ2n) is 8.88. The van der Waals surface area contributed by atoms with Gasteiger partial charge in [0.15, 0.2) is 0 Å². The number of nitrogens with zero attached hydrogens (tertiary/aromatic N) is 2. The average Bonchev–Trinajstić information content (AvgIpc) is 2.74. The molecule has 30 heavy (non-hydrogen) atoms. The van der Waals surface area contributed by atoms with E-state index in [-0.39, 0.29) is 5.91 Å². The minimum absolute atomic E-state index is 0.0682. The van der Waals surface area contributed by atoms with Crippen molar-refractivity contribution < 1.29 is 15.0 Å². The third-order valence-electron chi connectivity index (χ3n) is 6.66. The van der Waals surface area contributed by atoms with Crippen molar-refractivity contribution in [2.24, 2.45) is 0 Å². The number of hydrogen-bond donors (Lipinski definition) is 2. The van der Waals surface area contributed by atoms with Crippen molar-refractivity contribution in [3.05, 3.63) is 64.7 Å². The summed E-state index contributed by atoms with van der Waals surface area (Å²) in [5, 5.41) is 22.0. The fourth-order valence-electron chi connectivity index (χ4n) is 4.83. The molecular weight excluding hydrogens is 376 g/mol. The maximum Gasteiger partial charge on any atom is 0.223 e. The summed E-state index contributed by atoms with van der Waals surface area (Å²) in [6.45, 7) is 6.48. The number of likely N-dealkylation sites (tertiary alicyclic amines) is 1. The Morgan fingerprint density at radius 3 is 2.60 bits per heavy atom. The van der Waals surface area contributed by atoms with Crippen LogP contribution in [0.5, 0.6) is 0 Å². The van der Waals surface area contributed by atoms with Crippen LogP contribution in [0, 0.1) is 6.92 Å². The molecule has 4 rings (SSSR count). The Kier molecular flexibility index (Phi) is 5.96. The lowest BCUT2D eigenvalue weighted by Gasteiger charge is -2.39. The number of rotatable bonds is 4. The van der Waals surface area contributed by atoms with Gasteiger partial charge in [-0.15, -0.1) is 0 Å². The van der Waals surface area contributed by atoms with Crippen LogP contribution in [0.4, 0.5) is 5.69 Å². The fourth-order valence-corrected chi connectivity index (χ4v) is 4.83. The van der Waals surface area contributed by atoms with Crippen molar-refractivity contribution in [3.8, 4) is 0 Å². The second-order valence-corrected chi connectivity index (χ2v) is 8.88. The molecule has 160 valence electrons. The van der Waals surface area contributed by atoms with Gasteiger partial charge in [0.1, 0.15) is 0 Å². The minimum Gasteiger partial charge on any atom is -0.387 e. The lowest BCUT2D eigenvalue weighted by molar-refractivity contribution is -0.116. The number of amides is 1. The smallest absolute Gasteiger partial charge is 0.223 e. The van der Waals surface area contributed by atoms with E-state index < -0.39 is 11.7 Å². The zero-order valence-corrected chi connectivity index (χ0v) is 18.0. The van der Waals surface area contributed by atoms with E-state index >= 15 is 0 Å². The lowest BCUT2D eigenvalue weighted by atomic mass is 9.83. The molecule has 2 aliphatic rings. The van der Waals surface area contributed by atoms with Crippen LogP contribution in [0.3, 0.4) is 0 Å². The largest absolute Gasteiger partial charge is 0.387 e. The Hall–Kier alpha value is -2.21. The highest BCUT2D eigenvalue weighted by Gasteiger charge is 2.34. The van der Waals surface area contributed by atoms with Crippen molar-refractivity contribution >= 4 is 11.6 Å². The number of hydrogen-bond acceptors (Lipinski definition) is 4. The van der Waals surface area contributed by atoms with Gasteiger partial charge < -0.3 is 20.0 Å². The molecule has 2 aliphatic heterocycles. The standard InChI is InChI=1S/C25H32N2O3/c1-18-5-3-7-22(15-18)25(30)10-13-26(14-11-25)17-24(29)21-8-9-23-20(16-21)6-4-12-27(23)19(2)28/h3,5,7-9,15-16,24,29-30H,4,6,10-14,17H2,1-2H3. The molecule has 5 heteroatoms. The fraction of sp³-hybridized carbons (Fsp3) is 0.480. The van der Waals surface area contributed by atoms with Crippen molar-refractivity contribution in [2.45, 2.75) is 51.2 Å². The SMILES string of the molecule is CC(=O)N1CCCc2cc(C(O)CN3CCC(O)(c4cccc(C)c4)CC3)ccc21. The summed E-state index contributed by atoms with van der Waals surface area (Å²) < 4.78 is 0. The molecule has 0 bridgehead atoms. The topological polar surface area (TPSA) is 64.0 Å². The van der Waals surface area contributed by atoms with Gasteiger partial charge >= 0.3 is 0 Å². The molecule has 0 spiro atoms. The van der Waals surface area contributed by atoms with Crippen LogP contribution in [0.25, 0.3) is 0 Å². The Morgan fingerprint density at radius 2 is 1.90 bits per heavy atom. The van der Waals surface area contributed by atoms with Gasteiger partial charge in [0.25, 0.3) is 0 Å². The quantitative estimate of drug-likeness (QED) is 0.815. The Morgan fingerprint density at radius 1 is 1.13 bits per heavy atom. The van der Waals surface area contributed by atoms with E-state index in [4.69, 9.17) is 0 Å². The highest BCUT2D eigenvalue weighted by molar-refractivity contribution is 5.92. The maximum absolute atomic E-state index is 11.9. The number of aliphatic hydroxyl groups excluding tert-OH is 1. The number of aliphatic hydroxyl groups is 2. The van der Waals surface area contributed by atoms with Gasteiger partial charge in [-0.25, -0.2) is 0 Å².